The number of rotatable bonds is 9. The molecule has 2 rings (SSSR count). The normalized spacial score (nSPS) is 21.6. The summed E-state index contributed by atoms with van der Waals surface area (Å²) in [4.78, 5) is 40.2. The number of allylic oxidation sites excluding steroid dienone is 2. The Labute approximate surface area is 194 Å². The van der Waals surface area contributed by atoms with E-state index in [1.165, 1.54) is 6.08 Å². The number of nitrogens with zero attached hydrogens (tertiary/aromatic N) is 1. The number of Topliss-reactive ketones (excluding diaryl/α,β-unsaturated/α-hetero) is 1. The second-order valence-electron chi connectivity index (χ2n) is 8.87. The van der Waals surface area contributed by atoms with Crippen LogP contribution < -0.4 is 9.64 Å². The van der Waals surface area contributed by atoms with Gasteiger partial charge in [0.15, 0.2) is 11.6 Å². The predicted octanol–water partition coefficient (Wildman–Crippen LogP) is 5.03. The Balaban J connectivity index is 2.12. The largest absolute Gasteiger partial charge is 0.427 e. The number of anilines is 1. The maximum atomic E-state index is 12.9. The molecule has 0 aromatic heterocycles. The molecular formula is C24H31Cl2NO4. The zero-order valence-corrected chi connectivity index (χ0v) is 20.3. The average Bonchev–Trinajstić information content (AvgIpc) is 2.70. The quantitative estimate of drug-likeness (QED) is 0.289. The van der Waals surface area contributed by atoms with Crippen molar-refractivity contribution in [3.63, 3.8) is 0 Å². The minimum atomic E-state index is -0.990. The molecule has 0 bridgehead atoms. The molecule has 170 valence electrons. The Hall–Kier alpha value is -1.85. The van der Waals surface area contributed by atoms with E-state index in [9.17, 15) is 14.4 Å². The van der Waals surface area contributed by atoms with Gasteiger partial charge in [-0.1, -0.05) is 27.7 Å². The van der Waals surface area contributed by atoms with Gasteiger partial charge in [-0.15, -0.1) is 23.2 Å². The summed E-state index contributed by atoms with van der Waals surface area (Å²) in [5.74, 6) is 0.237. The van der Waals surface area contributed by atoms with Gasteiger partial charge >= 0.3 is 5.97 Å². The van der Waals surface area contributed by atoms with Gasteiger partial charge in [-0.05, 0) is 48.3 Å². The van der Waals surface area contributed by atoms with Gasteiger partial charge in [-0.3, -0.25) is 14.4 Å². The Bertz CT molecular complexity index is 857. The van der Waals surface area contributed by atoms with Crippen molar-refractivity contribution >= 4 is 46.4 Å². The van der Waals surface area contributed by atoms with E-state index in [4.69, 9.17) is 27.9 Å². The summed E-state index contributed by atoms with van der Waals surface area (Å²) in [6.45, 7) is 10.2. The topological polar surface area (TPSA) is 63.7 Å². The van der Waals surface area contributed by atoms with Crippen LogP contribution in [0.5, 0.6) is 5.75 Å². The molecule has 2 unspecified atom stereocenters. The minimum Gasteiger partial charge on any atom is -0.427 e. The smallest absolute Gasteiger partial charge is 0.311 e. The molecule has 0 saturated heterocycles. The lowest BCUT2D eigenvalue weighted by atomic mass is 9.54. The number of hydrogen-bond acceptors (Lipinski definition) is 5. The molecule has 1 aromatic carbocycles. The molecule has 0 aliphatic heterocycles. The Morgan fingerprint density at radius 1 is 1.13 bits per heavy atom. The van der Waals surface area contributed by atoms with Crippen LogP contribution in [0, 0.1) is 16.7 Å². The summed E-state index contributed by atoms with van der Waals surface area (Å²) in [5.41, 5.74) is -0.358. The van der Waals surface area contributed by atoms with Crippen molar-refractivity contribution in [2.45, 2.75) is 41.0 Å². The van der Waals surface area contributed by atoms with Gasteiger partial charge in [0, 0.05) is 41.9 Å². The summed E-state index contributed by atoms with van der Waals surface area (Å²) in [7, 11) is 0. The number of esters is 1. The first-order valence-corrected chi connectivity index (χ1v) is 11.5. The van der Waals surface area contributed by atoms with Crippen LogP contribution in [0.15, 0.2) is 35.9 Å². The molecule has 2 atom stereocenters. The summed E-state index contributed by atoms with van der Waals surface area (Å²) in [5, 5.41) is 0. The molecule has 0 radical (unpaired) electrons. The number of carbonyl (C=O) groups is 3. The van der Waals surface area contributed by atoms with Gasteiger partial charge in [0.1, 0.15) is 5.75 Å². The van der Waals surface area contributed by atoms with Crippen molar-refractivity contribution in [3.05, 3.63) is 35.9 Å². The monoisotopic (exact) mass is 467 g/mol. The third-order valence-corrected chi connectivity index (χ3v) is 6.98. The average molecular weight is 468 g/mol. The SMILES string of the molecule is CC1=CC(=O)C(C)(C(C)(C)CC(=O)Oc2ccc(N(CCCl)CCCl)cc2)C(C)C1=O. The molecule has 1 aliphatic carbocycles. The van der Waals surface area contributed by atoms with E-state index >= 15 is 0 Å². The Morgan fingerprint density at radius 2 is 1.68 bits per heavy atom. The Kier molecular flexibility index (Phi) is 8.34. The number of hydrogen-bond donors (Lipinski definition) is 0. The van der Waals surface area contributed by atoms with E-state index in [1.807, 2.05) is 26.0 Å². The van der Waals surface area contributed by atoms with Gasteiger partial charge in [0.05, 0.1) is 6.42 Å². The lowest BCUT2D eigenvalue weighted by molar-refractivity contribution is -0.149. The van der Waals surface area contributed by atoms with Crippen LogP contribution in [0.4, 0.5) is 5.69 Å². The van der Waals surface area contributed by atoms with Gasteiger partial charge in [-0.2, -0.15) is 0 Å². The number of ketones is 2. The highest BCUT2D eigenvalue weighted by Gasteiger charge is 2.54. The number of ether oxygens (including phenoxy) is 1. The van der Waals surface area contributed by atoms with Crippen molar-refractivity contribution in [2.24, 2.45) is 16.7 Å². The van der Waals surface area contributed by atoms with Crippen molar-refractivity contribution in [1.82, 2.24) is 0 Å². The predicted molar refractivity (Wildman–Crippen MR) is 125 cm³/mol. The van der Waals surface area contributed by atoms with Crippen molar-refractivity contribution < 1.29 is 19.1 Å². The number of carbonyl (C=O) groups excluding carboxylic acids is 3. The van der Waals surface area contributed by atoms with Crippen LogP contribution >= 0.6 is 23.2 Å². The molecule has 0 heterocycles. The molecule has 0 fully saturated rings. The van der Waals surface area contributed by atoms with Gasteiger partial charge in [-0.25, -0.2) is 0 Å². The van der Waals surface area contributed by atoms with Gasteiger partial charge < -0.3 is 9.64 Å². The van der Waals surface area contributed by atoms with E-state index in [1.54, 1.807) is 32.9 Å². The minimum absolute atomic E-state index is 0.00607. The lowest BCUT2D eigenvalue weighted by Crippen LogP contribution is -2.52. The highest BCUT2D eigenvalue weighted by Crippen LogP contribution is 2.51. The third kappa shape index (κ3) is 5.32. The molecule has 0 amide bonds. The van der Waals surface area contributed by atoms with Crippen molar-refractivity contribution in [2.75, 3.05) is 29.7 Å². The number of halogens is 2. The molecule has 0 spiro atoms. The highest BCUT2D eigenvalue weighted by atomic mass is 35.5. The fourth-order valence-corrected chi connectivity index (χ4v) is 4.57. The molecule has 7 heteroatoms. The van der Waals surface area contributed by atoms with Gasteiger partial charge in [0.2, 0.25) is 0 Å². The van der Waals surface area contributed by atoms with Gasteiger partial charge in [0.25, 0.3) is 0 Å². The summed E-state index contributed by atoms with van der Waals surface area (Å²) in [6.07, 6.45) is 1.41. The lowest BCUT2D eigenvalue weighted by Gasteiger charge is -2.47. The first-order valence-electron chi connectivity index (χ1n) is 10.4. The molecule has 0 N–H and O–H groups in total. The van der Waals surface area contributed by atoms with Crippen LogP contribution in [0.2, 0.25) is 0 Å². The zero-order valence-electron chi connectivity index (χ0n) is 18.8. The summed E-state index contributed by atoms with van der Waals surface area (Å²) < 4.78 is 5.54. The maximum absolute atomic E-state index is 12.9. The molecule has 0 saturated carbocycles. The van der Waals surface area contributed by atoms with Crippen LogP contribution in [0.25, 0.3) is 0 Å². The summed E-state index contributed by atoms with van der Waals surface area (Å²) in [6, 6.07) is 7.16. The van der Waals surface area contributed by atoms with Crippen LogP contribution in [-0.4, -0.2) is 42.4 Å². The van der Waals surface area contributed by atoms with E-state index in [0.29, 0.717) is 36.2 Å². The highest BCUT2D eigenvalue weighted by molar-refractivity contribution is 6.18. The number of benzene rings is 1. The van der Waals surface area contributed by atoms with Crippen molar-refractivity contribution in [3.8, 4) is 5.75 Å². The van der Waals surface area contributed by atoms with E-state index in [0.717, 1.165) is 5.69 Å². The second kappa shape index (κ2) is 10.2. The maximum Gasteiger partial charge on any atom is 0.311 e. The van der Waals surface area contributed by atoms with Crippen LogP contribution in [0.1, 0.15) is 41.0 Å². The fourth-order valence-electron chi connectivity index (χ4n) is 4.17. The molecule has 5 nitrogen and oxygen atoms in total. The second-order valence-corrected chi connectivity index (χ2v) is 9.63. The molecule has 31 heavy (non-hydrogen) atoms. The van der Waals surface area contributed by atoms with Crippen LogP contribution in [-0.2, 0) is 14.4 Å². The number of alkyl halides is 2. The Morgan fingerprint density at radius 3 is 2.19 bits per heavy atom. The first kappa shape index (κ1) is 25.4. The van der Waals surface area contributed by atoms with Crippen LogP contribution in [0.3, 0.4) is 0 Å². The van der Waals surface area contributed by atoms with E-state index < -0.39 is 22.7 Å². The molecule has 1 aliphatic rings. The first-order chi connectivity index (χ1) is 14.5. The van der Waals surface area contributed by atoms with Crippen molar-refractivity contribution in [1.29, 1.82) is 0 Å². The van der Waals surface area contributed by atoms with E-state index in [-0.39, 0.29) is 18.0 Å². The van der Waals surface area contributed by atoms with E-state index in [2.05, 4.69) is 4.90 Å². The molecular weight excluding hydrogens is 437 g/mol. The summed E-state index contributed by atoms with van der Waals surface area (Å²) >= 11 is 11.7. The standard InChI is InChI=1S/C24H31Cl2NO4/c1-16-14-20(28)24(5,17(2)22(16)30)23(3,4)15-21(29)31-19-8-6-18(7-9-19)27(12-10-25)13-11-26/h6-9,14,17H,10-13,15H2,1-5H3. The fraction of sp³-hybridized carbons (Fsp3) is 0.542. The zero-order chi connectivity index (χ0) is 23.4. The molecule has 1 aromatic rings. The third-order valence-electron chi connectivity index (χ3n) is 6.64.